The first-order valence-electron chi connectivity index (χ1n) is 6.68. The van der Waals surface area contributed by atoms with Crippen molar-refractivity contribution in [1.29, 1.82) is 0 Å². The molecule has 5 heteroatoms. The molecular weight excluding hydrogens is 260 g/mol. The van der Waals surface area contributed by atoms with E-state index in [9.17, 15) is 8.78 Å². The third-order valence-corrected chi connectivity index (χ3v) is 3.46. The molecule has 1 aromatic heterocycles. The maximum absolute atomic E-state index is 13.6. The molecular formula is C15H19F2N3. The maximum Gasteiger partial charge on any atom is 0.129 e. The number of aryl methyl sites for hydroxylation is 2. The average Bonchev–Trinajstić information content (AvgIpc) is 2.83. The highest BCUT2D eigenvalue weighted by molar-refractivity contribution is 5.21. The number of benzene rings is 1. The van der Waals surface area contributed by atoms with Gasteiger partial charge in [0.1, 0.15) is 11.6 Å². The Morgan fingerprint density at radius 1 is 1.30 bits per heavy atom. The van der Waals surface area contributed by atoms with E-state index < -0.39 is 11.6 Å². The van der Waals surface area contributed by atoms with Crippen molar-refractivity contribution >= 4 is 0 Å². The van der Waals surface area contributed by atoms with Crippen molar-refractivity contribution in [3.05, 3.63) is 53.4 Å². The fourth-order valence-electron chi connectivity index (χ4n) is 2.26. The van der Waals surface area contributed by atoms with Crippen molar-refractivity contribution in [1.82, 2.24) is 15.1 Å². The lowest BCUT2D eigenvalue weighted by molar-refractivity contribution is 0.483. The SMILES string of the molecule is CNC(CCc1cnn(C)c1)Cc1c(F)cccc1F. The van der Waals surface area contributed by atoms with E-state index in [1.807, 2.05) is 26.5 Å². The van der Waals surface area contributed by atoms with Gasteiger partial charge < -0.3 is 5.32 Å². The van der Waals surface area contributed by atoms with Gasteiger partial charge in [-0.1, -0.05) is 6.07 Å². The van der Waals surface area contributed by atoms with Crippen molar-refractivity contribution in [3.63, 3.8) is 0 Å². The van der Waals surface area contributed by atoms with Crippen LogP contribution in [0.4, 0.5) is 8.78 Å². The average molecular weight is 279 g/mol. The quantitative estimate of drug-likeness (QED) is 0.880. The summed E-state index contributed by atoms with van der Waals surface area (Å²) in [7, 11) is 3.68. The third kappa shape index (κ3) is 3.63. The number of rotatable bonds is 6. The number of hydrogen-bond donors (Lipinski definition) is 1. The molecule has 0 aliphatic rings. The molecule has 1 unspecified atom stereocenters. The number of hydrogen-bond acceptors (Lipinski definition) is 2. The summed E-state index contributed by atoms with van der Waals surface area (Å²) in [5, 5.41) is 7.23. The molecule has 3 nitrogen and oxygen atoms in total. The van der Waals surface area contributed by atoms with Gasteiger partial charge in [0.2, 0.25) is 0 Å². The van der Waals surface area contributed by atoms with Gasteiger partial charge in [0.05, 0.1) is 6.20 Å². The highest BCUT2D eigenvalue weighted by atomic mass is 19.1. The summed E-state index contributed by atoms with van der Waals surface area (Å²) in [6.45, 7) is 0. The fraction of sp³-hybridized carbons (Fsp3) is 0.400. The van der Waals surface area contributed by atoms with Crippen LogP contribution in [0.3, 0.4) is 0 Å². The lowest BCUT2D eigenvalue weighted by Crippen LogP contribution is -2.29. The van der Waals surface area contributed by atoms with E-state index in [-0.39, 0.29) is 11.6 Å². The van der Waals surface area contributed by atoms with E-state index in [2.05, 4.69) is 10.4 Å². The molecule has 2 aromatic rings. The molecule has 0 bridgehead atoms. The van der Waals surface area contributed by atoms with Crippen molar-refractivity contribution in [2.45, 2.75) is 25.3 Å². The lowest BCUT2D eigenvalue weighted by Gasteiger charge is -2.16. The second kappa shape index (κ2) is 6.61. The van der Waals surface area contributed by atoms with Gasteiger partial charge >= 0.3 is 0 Å². The van der Waals surface area contributed by atoms with Crippen molar-refractivity contribution in [2.24, 2.45) is 7.05 Å². The van der Waals surface area contributed by atoms with Crippen LogP contribution in [0.2, 0.25) is 0 Å². The summed E-state index contributed by atoms with van der Waals surface area (Å²) in [4.78, 5) is 0. The predicted octanol–water partition coefficient (Wildman–Crippen LogP) is 2.46. The molecule has 0 spiro atoms. The zero-order valence-electron chi connectivity index (χ0n) is 11.7. The summed E-state index contributed by atoms with van der Waals surface area (Å²) in [6.07, 6.45) is 5.74. The minimum absolute atomic E-state index is 0.0293. The predicted molar refractivity (Wildman–Crippen MR) is 74.4 cm³/mol. The summed E-state index contributed by atoms with van der Waals surface area (Å²) in [5.41, 5.74) is 1.28. The summed E-state index contributed by atoms with van der Waals surface area (Å²) in [5.74, 6) is -0.960. The Morgan fingerprint density at radius 2 is 2.00 bits per heavy atom. The Kier molecular flexibility index (Phi) is 4.84. The molecule has 0 aliphatic carbocycles. The van der Waals surface area contributed by atoms with Gasteiger partial charge in [-0.3, -0.25) is 4.68 Å². The zero-order chi connectivity index (χ0) is 14.5. The Morgan fingerprint density at radius 3 is 2.55 bits per heavy atom. The van der Waals surface area contributed by atoms with Crippen molar-refractivity contribution in [3.8, 4) is 0 Å². The van der Waals surface area contributed by atoms with Gasteiger partial charge in [-0.05, 0) is 44.0 Å². The molecule has 0 amide bonds. The molecule has 108 valence electrons. The van der Waals surface area contributed by atoms with Crippen LogP contribution in [0, 0.1) is 11.6 Å². The highest BCUT2D eigenvalue weighted by Crippen LogP contribution is 2.16. The summed E-state index contributed by atoms with van der Waals surface area (Å²) < 4.78 is 29.0. The number of nitrogens with zero attached hydrogens (tertiary/aromatic N) is 2. The summed E-state index contributed by atoms with van der Waals surface area (Å²) >= 11 is 0. The molecule has 0 saturated carbocycles. The fourth-order valence-corrected chi connectivity index (χ4v) is 2.26. The second-order valence-corrected chi connectivity index (χ2v) is 4.95. The van der Waals surface area contributed by atoms with E-state index in [0.29, 0.717) is 6.42 Å². The zero-order valence-corrected chi connectivity index (χ0v) is 11.7. The van der Waals surface area contributed by atoms with E-state index >= 15 is 0 Å². The molecule has 2 rings (SSSR count). The van der Waals surface area contributed by atoms with Crippen LogP contribution in [-0.4, -0.2) is 22.9 Å². The smallest absolute Gasteiger partial charge is 0.129 e. The minimum atomic E-state index is -0.480. The molecule has 1 atom stereocenters. The molecule has 20 heavy (non-hydrogen) atoms. The molecule has 1 N–H and O–H groups in total. The van der Waals surface area contributed by atoms with Crippen LogP contribution < -0.4 is 5.32 Å². The number of aromatic nitrogens is 2. The molecule has 1 heterocycles. The molecule has 0 saturated heterocycles. The largest absolute Gasteiger partial charge is 0.317 e. The van der Waals surface area contributed by atoms with Gasteiger partial charge in [-0.25, -0.2) is 8.78 Å². The standard InChI is InChI=1S/C15H19F2N3/c1-18-12(7-6-11-9-19-20(2)10-11)8-13-14(16)4-3-5-15(13)17/h3-5,9-10,12,18H,6-8H2,1-2H3. The number of halogens is 2. The second-order valence-electron chi connectivity index (χ2n) is 4.95. The van der Waals surface area contributed by atoms with Crippen molar-refractivity contribution in [2.75, 3.05) is 7.05 Å². The van der Waals surface area contributed by atoms with Gasteiger partial charge in [0.25, 0.3) is 0 Å². The van der Waals surface area contributed by atoms with Gasteiger partial charge in [-0.2, -0.15) is 5.10 Å². The highest BCUT2D eigenvalue weighted by Gasteiger charge is 2.14. The Labute approximate surface area is 117 Å². The Bertz CT molecular complexity index is 546. The van der Waals surface area contributed by atoms with Crippen LogP contribution in [0.1, 0.15) is 17.5 Å². The minimum Gasteiger partial charge on any atom is -0.317 e. The first-order valence-corrected chi connectivity index (χ1v) is 6.68. The van der Waals surface area contributed by atoms with E-state index in [1.165, 1.54) is 18.2 Å². The first-order chi connectivity index (χ1) is 9.60. The van der Waals surface area contributed by atoms with E-state index in [0.717, 1.165) is 18.4 Å². The lowest BCUT2D eigenvalue weighted by atomic mass is 9.99. The van der Waals surface area contributed by atoms with E-state index in [1.54, 1.807) is 4.68 Å². The van der Waals surface area contributed by atoms with Crippen LogP contribution in [0.15, 0.2) is 30.6 Å². The van der Waals surface area contributed by atoms with E-state index in [4.69, 9.17) is 0 Å². The number of nitrogens with one attached hydrogen (secondary N) is 1. The molecule has 1 aromatic carbocycles. The number of likely N-dealkylation sites (N-methyl/N-ethyl adjacent to an activating group) is 1. The maximum atomic E-state index is 13.6. The van der Waals surface area contributed by atoms with Crippen LogP contribution in [0.5, 0.6) is 0 Å². The third-order valence-electron chi connectivity index (χ3n) is 3.46. The summed E-state index contributed by atoms with van der Waals surface area (Å²) in [6, 6.07) is 4.01. The normalized spacial score (nSPS) is 12.6. The van der Waals surface area contributed by atoms with Crippen LogP contribution >= 0.6 is 0 Å². The first kappa shape index (κ1) is 14.7. The molecule has 0 radical (unpaired) electrons. The Hall–Kier alpha value is -1.75. The van der Waals surface area contributed by atoms with Crippen LogP contribution in [0.25, 0.3) is 0 Å². The monoisotopic (exact) mass is 279 g/mol. The van der Waals surface area contributed by atoms with Gasteiger partial charge in [0, 0.05) is 24.8 Å². The van der Waals surface area contributed by atoms with Gasteiger partial charge in [0.15, 0.2) is 0 Å². The van der Waals surface area contributed by atoms with Gasteiger partial charge in [-0.15, -0.1) is 0 Å². The Balaban J connectivity index is 1.98. The topological polar surface area (TPSA) is 29.9 Å². The molecule has 0 aliphatic heterocycles. The molecule has 0 fully saturated rings. The van der Waals surface area contributed by atoms with Crippen LogP contribution in [-0.2, 0) is 19.9 Å². The van der Waals surface area contributed by atoms with Crippen molar-refractivity contribution < 1.29 is 8.78 Å².